The zero-order valence-electron chi connectivity index (χ0n) is 66.7. The maximum Gasteiger partial charge on any atom is 0.177 e. The SMILES string of the molecule is CC(C)c1ncc(N(C)C)cn1.CC(C)c1ncc(N2CCCCC2)cn1.CC(C)c1ncc(N2CCCCC2)cn1.CC(C)c1nnn(C(C)C)n1.CC(C)c1nnn(C)n1.CCCn1nnc(C(C)C)n1.COCCn1nnc(C)n1.Cc1ccc(C(C)C)nc1.Cc1nnn(CC2CC2)n1. The number of ether oxygens (including phenoxy) is 1. The van der Waals surface area contributed by atoms with E-state index in [-0.39, 0.29) is 0 Å². The number of hydrogen-bond donors (Lipinski definition) is 0. The maximum absolute atomic E-state index is 4.83. The van der Waals surface area contributed by atoms with Crippen LogP contribution >= 0.6 is 0 Å². The summed E-state index contributed by atoms with van der Waals surface area (Å²) >= 11 is 0. The molecule has 3 fully saturated rings. The lowest BCUT2D eigenvalue weighted by atomic mass is 10.1. The smallest absolute Gasteiger partial charge is 0.177 e. The molecule has 12 rings (SSSR count). The number of methoxy groups -OCH3 is 1. The minimum atomic E-state index is 0.301. The standard InChI is InChI=1S/2C12H19N3.C9H15N3.C9H13N.2C7H14N4.C6H10N4.C5H10N4O.C5H10N4/c2*1-10(2)12-13-8-11(9-14-12)15-6-4-3-5-7-15;1-7(2)9-10-5-8(6-11-9)12(3)4;1-7(2)9-5-4-8(3)6-10-9;1-5(2)7-8-10-11(9-7)6(3)4;1-4-5-11-9-7(6(2)3)8-10-11;1-5-7-9-10(8-5)4-6-2-3-6;1-5-6-8-9(7-5)3-4-10-2;1-4(2)5-6-8-9(3)7-5/h2*8-10H,3-7H2,1-2H3;5-7H,1-4H3;4-7H,1-3H3;5-6H,1-4H3;6H,4-5H2,1-3H3;6H,2-4H2,1H3;3-4H2,1-2H3;4H,1-3H3. The van der Waals surface area contributed by atoms with Crippen LogP contribution in [0.4, 0.5) is 17.1 Å². The number of rotatable bonds is 18. The van der Waals surface area contributed by atoms with Crippen molar-refractivity contribution in [3.05, 3.63) is 113 Å². The predicted octanol–water partition coefficient (Wildman–Crippen LogP) is 12.3. The third kappa shape index (κ3) is 34.3. The molecule has 568 valence electrons. The second-order valence-corrected chi connectivity index (χ2v) is 28.4. The van der Waals surface area contributed by atoms with Crippen molar-refractivity contribution in [2.75, 3.05) is 68.7 Å². The summed E-state index contributed by atoms with van der Waals surface area (Å²) in [6.45, 7) is 48.9. The number of aromatic nitrogens is 27. The Labute approximate surface area is 613 Å². The van der Waals surface area contributed by atoms with Crippen molar-refractivity contribution in [2.24, 2.45) is 13.0 Å². The Bertz CT molecular complexity index is 3480. The monoisotopic (exact) mass is 1430 g/mol. The topological polar surface area (TPSA) is 327 Å². The average molecular weight is 1430 g/mol. The van der Waals surface area contributed by atoms with Crippen LogP contribution < -0.4 is 14.7 Å². The molecule has 0 radical (unpaired) electrons. The molecule has 0 unspecified atom stereocenters. The summed E-state index contributed by atoms with van der Waals surface area (Å²) in [6, 6.07) is 4.48. The Balaban J connectivity index is 0.000000247. The molecule has 0 amide bonds. The number of anilines is 3. The fourth-order valence-electron chi connectivity index (χ4n) is 9.09. The molecule has 103 heavy (non-hydrogen) atoms. The number of nitrogens with zero attached hydrogens (tertiary/aromatic N) is 30. The van der Waals surface area contributed by atoms with E-state index >= 15 is 0 Å². The summed E-state index contributed by atoms with van der Waals surface area (Å²) in [7, 11) is 7.37. The number of tetrazole rings is 5. The van der Waals surface area contributed by atoms with Gasteiger partial charge in [-0.25, -0.2) is 29.9 Å². The lowest BCUT2D eigenvalue weighted by Crippen LogP contribution is -2.29. The molecule has 9 aromatic rings. The second-order valence-electron chi connectivity index (χ2n) is 28.4. The van der Waals surface area contributed by atoms with Crippen LogP contribution in [-0.4, -0.2) is 190 Å². The van der Waals surface area contributed by atoms with Crippen molar-refractivity contribution in [2.45, 2.75) is 263 Å². The lowest BCUT2D eigenvalue weighted by molar-refractivity contribution is 0.178. The van der Waals surface area contributed by atoms with E-state index < -0.39 is 0 Å². The van der Waals surface area contributed by atoms with Crippen molar-refractivity contribution < 1.29 is 4.74 Å². The molecule has 2 aliphatic heterocycles. The van der Waals surface area contributed by atoms with E-state index in [0.717, 1.165) is 98.1 Å². The molecule has 1 aliphatic carbocycles. The van der Waals surface area contributed by atoms with Crippen molar-refractivity contribution in [3.8, 4) is 0 Å². The van der Waals surface area contributed by atoms with E-state index in [2.05, 4.69) is 231 Å². The molecular weight excluding hydrogens is 1300 g/mol. The van der Waals surface area contributed by atoms with Gasteiger partial charge >= 0.3 is 0 Å². The maximum atomic E-state index is 4.83. The number of piperidine rings is 2. The highest BCUT2D eigenvalue weighted by Gasteiger charge is 2.23. The van der Waals surface area contributed by atoms with Crippen LogP contribution in [0.2, 0.25) is 0 Å². The molecule has 3 aliphatic rings. The molecule has 0 aromatic carbocycles. The van der Waals surface area contributed by atoms with Gasteiger partial charge in [-0.05, 0) is 142 Å². The van der Waals surface area contributed by atoms with Crippen molar-refractivity contribution in [1.82, 2.24) is 136 Å². The Morgan fingerprint density at radius 3 is 1.18 bits per heavy atom. The third-order valence-electron chi connectivity index (χ3n) is 15.6. The molecular formula is C72H124N30O. The van der Waals surface area contributed by atoms with E-state index in [0.29, 0.717) is 66.4 Å². The van der Waals surface area contributed by atoms with E-state index in [4.69, 9.17) is 4.74 Å². The zero-order chi connectivity index (χ0) is 76.0. The molecule has 0 spiro atoms. The summed E-state index contributed by atoms with van der Waals surface area (Å²) in [6.07, 6.45) is 25.1. The Morgan fingerprint density at radius 2 is 0.854 bits per heavy atom. The summed E-state index contributed by atoms with van der Waals surface area (Å²) in [4.78, 5) is 45.1. The first-order valence-electron chi connectivity index (χ1n) is 36.9. The van der Waals surface area contributed by atoms with Gasteiger partial charge in [0.1, 0.15) is 17.5 Å². The van der Waals surface area contributed by atoms with Gasteiger partial charge in [-0.3, -0.25) is 4.98 Å². The number of pyridine rings is 1. The van der Waals surface area contributed by atoms with Gasteiger partial charge in [-0.15, -0.1) is 51.0 Å². The van der Waals surface area contributed by atoms with Gasteiger partial charge in [-0.2, -0.15) is 24.0 Å². The highest BCUT2D eigenvalue weighted by Crippen LogP contribution is 2.30. The van der Waals surface area contributed by atoms with Gasteiger partial charge in [0.2, 0.25) is 0 Å². The molecule has 1 saturated carbocycles. The van der Waals surface area contributed by atoms with Crippen LogP contribution in [0.15, 0.2) is 55.5 Å². The van der Waals surface area contributed by atoms with E-state index in [1.165, 1.54) is 83.6 Å². The summed E-state index contributed by atoms with van der Waals surface area (Å²) in [5.41, 5.74) is 5.80. The zero-order valence-corrected chi connectivity index (χ0v) is 66.7. The van der Waals surface area contributed by atoms with Crippen molar-refractivity contribution in [3.63, 3.8) is 0 Å². The van der Waals surface area contributed by atoms with Crippen molar-refractivity contribution in [1.29, 1.82) is 0 Å². The molecule has 31 nitrogen and oxygen atoms in total. The minimum Gasteiger partial charge on any atom is -0.383 e. The van der Waals surface area contributed by atoms with Gasteiger partial charge < -0.3 is 19.4 Å². The molecule has 11 heterocycles. The highest BCUT2D eigenvalue weighted by atomic mass is 16.5. The Morgan fingerprint density at radius 1 is 0.437 bits per heavy atom. The normalized spacial score (nSPS) is 13.2. The van der Waals surface area contributed by atoms with Gasteiger partial charge in [0.05, 0.1) is 93.6 Å². The van der Waals surface area contributed by atoms with E-state index in [1.807, 2.05) is 97.0 Å². The fourth-order valence-corrected chi connectivity index (χ4v) is 9.09. The largest absolute Gasteiger partial charge is 0.383 e. The molecule has 0 bridgehead atoms. The Hall–Kier alpha value is -8.90. The molecule has 31 heteroatoms. The second kappa shape index (κ2) is 46.7. The first kappa shape index (κ1) is 86.5. The van der Waals surface area contributed by atoms with Crippen LogP contribution in [0.3, 0.4) is 0 Å². The van der Waals surface area contributed by atoms with Crippen LogP contribution in [0, 0.1) is 26.7 Å². The molecule has 2 saturated heterocycles. The first-order chi connectivity index (χ1) is 49.1. The van der Waals surface area contributed by atoms with Crippen LogP contribution in [0.25, 0.3) is 0 Å². The van der Waals surface area contributed by atoms with Gasteiger partial charge in [-0.1, -0.05) is 110 Å². The quantitative estimate of drug-likeness (QED) is 0.0770. The lowest BCUT2D eigenvalue weighted by Gasteiger charge is -2.28. The van der Waals surface area contributed by atoms with E-state index in [1.54, 1.807) is 35.5 Å². The van der Waals surface area contributed by atoms with Gasteiger partial charge in [0.25, 0.3) is 0 Å². The first-order valence-corrected chi connectivity index (χ1v) is 36.9. The van der Waals surface area contributed by atoms with Gasteiger partial charge in [0.15, 0.2) is 29.1 Å². The third-order valence-corrected chi connectivity index (χ3v) is 15.6. The van der Waals surface area contributed by atoms with E-state index in [9.17, 15) is 0 Å². The van der Waals surface area contributed by atoms with Crippen molar-refractivity contribution >= 4 is 17.1 Å². The number of aryl methyl sites for hydroxylation is 5. The van der Waals surface area contributed by atoms with Gasteiger partial charge in [0, 0.05) is 94.8 Å². The molecule has 9 aromatic heterocycles. The van der Waals surface area contributed by atoms with Crippen LogP contribution in [0.5, 0.6) is 0 Å². The number of hydrogen-bond acceptors (Lipinski definition) is 26. The fraction of sp³-hybridized carbons (Fsp3) is 0.694. The Kier molecular flexibility index (Phi) is 39.2. The summed E-state index contributed by atoms with van der Waals surface area (Å²) in [5, 5.41) is 58.7. The van der Waals surface area contributed by atoms with Crippen LogP contribution in [0.1, 0.15) is 281 Å². The molecule has 0 atom stereocenters. The average Bonchev–Trinajstić information content (AvgIpc) is 1.85. The highest BCUT2D eigenvalue weighted by molar-refractivity contribution is 5.43. The van der Waals surface area contributed by atoms with Crippen LogP contribution in [-0.2, 0) is 31.4 Å². The minimum absolute atomic E-state index is 0.301. The summed E-state index contributed by atoms with van der Waals surface area (Å²) in [5.74, 6) is 10.4. The summed E-state index contributed by atoms with van der Waals surface area (Å²) < 4.78 is 4.83. The molecule has 0 N–H and O–H groups in total. The predicted molar refractivity (Wildman–Crippen MR) is 405 cm³/mol.